The topological polar surface area (TPSA) is 84.6 Å². The molecule has 0 aliphatic heterocycles. The van der Waals surface area contributed by atoms with Gasteiger partial charge < -0.3 is 20.9 Å². The Kier molecular flexibility index (Phi) is 6.27. The van der Waals surface area contributed by atoms with E-state index < -0.39 is 5.91 Å². The molecule has 0 aromatic heterocycles. The van der Waals surface area contributed by atoms with Crippen LogP contribution in [-0.4, -0.2) is 37.4 Å². The quantitative estimate of drug-likeness (QED) is 0.573. The van der Waals surface area contributed by atoms with Gasteiger partial charge in [0, 0.05) is 24.2 Å². The molecule has 5 nitrogen and oxygen atoms in total. The molecule has 6 heteroatoms. The number of ether oxygens (including phenoxy) is 1. The first-order valence-electron chi connectivity index (χ1n) is 5.62. The van der Waals surface area contributed by atoms with E-state index in [0.717, 1.165) is 0 Å². The number of benzene rings is 1. The Morgan fingerprint density at radius 2 is 2.22 bits per heavy atom. The molecule has 1 aromatic carbocycles. The summed E-state index contributed by atoms with van der Waals surface area (Å²) in [6.45, 7) is 1.51. The number of rotatable bonds is 8. The van der Waals surface area contributed by atoms with Crippen LogP contribution in [0.3, 0.4) is 0 Å². The molecule has 0 aliphatic rings. The van der Waals surface area contributed by atoms with Gasteiger partial charge >= 0.3 is 0 Å². The van der Waals surface area contributed by atoms with Crippen LogP contribution >= 0.6 is 0 Å². The fourth-order valence-corrected chi connectivity index (χ4v) is 1.40. The predicted molar refractivity (Wildman–Crippen MR) is 64.5 cm³/mol. The van der Waals surface area contributed by atoms with Gasteiger partial charge in [-0.25, -0.2) is 4.39 Å². The van der Waals surface area contributed by atoms with E-state index in [1.54, 1.807) is 0 Å². The van der Waals surface area contributed by atoms with E-state index in [9.17, 15) is 9.18 Å². The second-order valence-electron chi connectivity index (χ2n) is 3.68. The van der Waals surface area contributed by atoms with Gasteiger partial charge in [-0.3, -0.25) is 4.79 Å². The van der Waals surface area contributed by atoms with Gasteiger partial charge in [-0.15, -0.1) is 0 Å². The number of halogens is 1. The van der Waals surface area contributed by atoms with Gasteiger partial charge in [-0.05, 0) is 18.2 Å². The van der Waals surface area contributed by atoms with E-state index in [1.807, 2.05) is 0 Å². The minimum Gasteiger partial charge on any atom is -0.394 e. The lowest BCUT2D eigenvalue weighted by Crippen LogP contribution is -2.21. The number of hydrogen-bond acceptors (Lipinski definition) is 4. The largest absolute Gasteiger partial charge is 0.394 e. The highest BCUT2D eigenvalue weighted by molar-refractivity contribution is 5.92. The summed E-state index contributed by atoms with van der Waals surface area (Å²) in [5.74, 6) is -0.966. The Hall–Kier alpha value is -1.50. The Labute approximate surface area is 105 Å². The first kappa shape index (κ1) is 14.6. The third-order valence-corrected chi connectivity index (χ3v) is 2.30. The van der Waals surface area contributed by atoms with E-state index >= 15 is 0 Å². The molecule has 100 valence electrons. The van der Waals surface area contributed by atoms with Crippen LogP contribution < -0.4 is 11.1 Å². The van der Waals surface area contributed by atoms with Crippen LogP contribution in [0.15, 0.2) is 18.2 Å². The van der Waals surface area contributed by atoms with Crippen molar-refractivity contribution in [2.45, 2.75) is 6.54 Å². The smallest absolute Gasteiger partial charge is 0.248 e. The van der Waals surface area contributed by atoms with Crippen molar-refractivity contribution < 1.29 is 19.0 Å². The number of nitrogens with two attached hydrogens (primary N) is 1. The Bertz CT molecular complexity index is 399. The molecule has 0 unspecified atom stereocenters. The molecule has 1 rings (SSSR count). The van der Waals surface area contributed by atoms with Crippen molar-refractivity contribution in [3.63, 3.8) is 0 Å². The minimum absolute atomic E-state index is 0.0186. The first-order chi connectivity index (χ1) is 8.65. The molecule has 0 aliphatic carbocycles. The maximum absolute atomic E-state index is 13.4. The molecule has 1 aromatic rings. The second-order valence-corrected chi connectivity index (χ2v) is 3.68. The van der Waals surface area contributed by atoms with Crippen molar-refractivity contribution in [2.75, 3.05) is 26.4 Å². The van der Waals surface area contributed by atoms with Gasteiger partial charge in [0.1, 0.15) is 5.82 Å². The summed E-state index contributed by atoms with van der Waals surface area (Å²) in [4.78, 5) is 10.9. The third kappa shape index (κ3) is 4.79. The molecule has 0 radical (unpaired) electrons. The van der Waals surface area contributed by atoms with Gasteiger partial charge in [0.25, 0.3) is 0 Å². The molecular formula is C12H17FN2O3. The fraction of sp³-hybridized carbons (Fsp3) is 0.417. The Morgan fingerprint density at radius 3 is 2.89 bits per heavy atom. The fourth-order valence-electron chi connectivity index (χ4n) is 1.40. The van der Waals surface area contributed by atoms with Crippen molar-refractivity contribution in [2.24, 2.45) is 5.73 Å². The number of primary amides is 1. The summed E-state index contributed by atoms with van der Waals surface area (Å²) in [7, 11) is 0. The number of aliphatic hydroxyl groups is 1. The lowest BCUT2D eigenvalue weighted by Gasteiger charge is -2.07. The number of nitrogens with one attached hydrogen (secondary N) is 1. The molecule has 1 amide bonds. The highest BCUT2D eigenvalue weighted by atomic mass is 19.1. The lowest BCUT2D eigenvalue weighted by atomic mass is 10.1. The number of hydrogen-bond donors (Lipinski definition) is 3. The Morgan fingerprint density at radius 1 is 1.44 bits per heavy atom. The van der Waals surface area contributed by atoms with Gasteiger partial charge in [0.05, 0.1) is 19.8 Å². The molecular weight excluding hydrogens is 239 g/mol. The molecule has 0 bridgehead atoms. The summed E-state index contributed by atoms with van der Waals surface area (Å²) in [5, 5.41) is 11.4. The summed E-state index contributed by atoms with van der Waals surface area (Å²) in [6, 6.07) is 4.00. The summed E-state index contributed by atoms with van der Waals surface area (Å²) < 4.78 is 18.4. The van der Waals surface area contributed by atoms with Crippen molar-refractivity contribution in [3.05, 3.63) is 35.1 Å². The van der Waals surface area contributed by atoms with Crippen molar-refractivity contribution in [1.29, 1.82) is 0 Å². The van der Waals surface area contributed by atoms with Crippen molar-refractivity contribution in [3.8, 4) is 0 Å². The number of amides is 1. The third-order valence-electron chi connectivity index (χ3n) is 2.30. The van der Waals surface area contributed by atoms with Crippen molar-refractivity contribution in [1.82, 2.24) is 5.32 Å². The maximum atomic E-state index is 13.4. The van der Waals surface area contributed by atoms with Crippen LogP contribution in [-0.2, 0) is 11.3 Å². The van der Waals surface area contributed by atoms with E-state index in [0.29, 0.717) is 18.7 Å². The normalized spacial score (nSPS) is 10.6. The number of aliphatic hydroxyl groups excluding tert-OH is 1. The van der Waals surface area contributed by atoms with Crippen LogP contribution in [0.2, 0.25) is 0 Å². The van der Waals surface area contributed by atoms with E-state index in [1.165, 1.54) is 18.2 Å². The average molecular weight is 256 g/mol. The maximum Gasteiger partial charge on any atom is 0.248 e. The molecule has 0 spiro atoms. The zero-order valence-corrected chi connectivity index (χ0v) is 9.99. The number of carbonyl (C=O) groups is 1. The SMILES string of the molecule is NC(=O)c1ccc(F)c(CNCCOCCO)c1. The Balaban J connectivity index is 2.41. The second kappa shape index (κ2) is 7.75. The van der Waals surface area contributed by atoms with Gasteiger partial charge in [0.2, 0.25) is 5.91 Å². The summed E-state index contributed by atoms with van der Waals surface area (Å²) >= 11 is 0. The van der Waals surface area contributed by atoms with E-state index in [4.69, 9.17) is 15.6 Å². The van der Waals surface area contributed by atoms with Crippen LogP contribution in [0.25, 0.3) is 0 Å². The van der Waals surface area contributed by atoms with Crippen LogP contribution in [0.5, 0.6) is 0 Å². The van der Waals surface area contributed by atoms with Crippen LogP contribution in [0, 0.1) is 5.82 Å². The van der Waals surface area contributed by atoms with Gasteiger partial charge in [-0.1, -0.05) is 0 Å². The average Bonchev–Trinajstić information content (AvgIpc) is 2.35. The lowest BCUT2D eigenvalue weighted by molar-refractivity contribution is 0.0937. The molecule has 0 saturated heterocycles. The van der Waals surface area contributed by atoms with E-state index in [2.05, 4.69) is 5.32 Å². The zero-order chi connectivity index (χ0) is 13.4. The molecule has 4 N–H and O–H groups in total. The van der Waals surface area contributed by atoms with E-state index in [-0.39, 0.29) is 31.1 Å². The minimum atomic E-state index is -0.581. The monoisotopic (exact) mass is 256 g/mol. The standard InChI is InChI=1S/C12H17FN2O3/c13-11-2-1-9(12(14)17)7-10(11)8-15-3-5-18-6-4-16/h1-2,7,15-16H,3-6,8H2,(H2,14,17). The molecule has 18 heavy (non-hydrogen) atoms. The predicted octanol–water partition coefficient (Wildman–Crippen LogP) is 0.0231. The highest BCUT2D eigenvalue weighted by Crippen LogP contribution is 2.10. The zero-order valence-electron chi connectivity index (χ0n) is 9.99. The van der Waals surface area contributed by atoms with Gasteiger partial charge in [-0.2, -0.15) is 0 Å². The molecule has 0 heterocycles. The first-order valence-corrected chi connectivity index (χ1v) is 5.62. The molecule has 0 fully saturated rings. The molecule has 0 saturated carbocycles. The van der Waals surface area contributed by atoms with Crippen molar-refractivity contribution >= 4 is 5.91 Å². The summed E-state index contributed by atoms with van der Waals surface area (Å²) in [5.41, 5.74) is 5.78. The van der Waals surface area contributed by atoms with Crippen LogP contribution in [0.1, 0.15) is 15.9 Å². The summed E-state index contributed by atoms with van der Waals surface area (Å²) in [6.07, 6.45) is 0. The highest BCUT2D eigenvalue weighted by Gasteiger charge is 2.06. The van der Waals surface area contributed by atoms with Gasteiger partial charge in [0.15, 0.2) is 0 Å². The van der Waals surface area contributed by atoms with Crippen LogP contribution in [0.4, 0.5) is 4.39 Å². The number of carbonyl (C=O) groups excluding carboxylic acids is 1. The molecule has 0 atom stereocenters.